The van der Waals surface area contributed by atoms with Gasteiger partial charge in [0.25, 0.3) is 0 Å². The molecule has 0 spiro atoms. The normalized spacial score (nSPS) is 17.7. The second kappa shape index (κ2) is 5.17. The second-order valence-electron chi connectivity index (χ2n) is 4.36. The van der Waals surface area contributed by atoms with Gasteiger partial charge in [-0.3, -0.25) is 0 Å². The second-order valence-corrected chi connectivity index (χ2v) is 4.36. The molecule has 0 radical (unpaired) electrons. The van der Waals surface area contributed by atoms with Crippen molar-refractivity contribution in [3.05, 3.63) is 30.3 Å². The molecule has 0 atom stereocenters. The predicted molar refractivity (Wildman–Crippen MR) is 64.9 cm³/mol. The summed E-state index contributed by atoms with van der Waals surface area (Å²) in [6, 6.07) is 11.1. The van der Waals surface area contributed by atoms with Gasteiger partial charge in [0.2, 0.25) is 0 Å². The molecule has 0 amide bonds. The van der Waals surface area contributed by atoms with Gasteiger partial charge < -0.3 is 5.01 Å². The van der Waals surface area contributed by atoms with Crippen LogP contribution in [0.2, 0.25) is 0 Å². The van der Waals surface area contributed by atoms with Crippen molar-refractivity contribution in [2.24, 2.45) is 0 Å². The highest BCUT2D eigenvalue weighted by Gasteiger charge is 2.14. The van der Waals surface area contributed by atoms with Crippen LogP contribution < -0.4 is 10.4 Å². The maximum atomic E-state index is 3.57. The van der Waals surface area contributed by atoms with E-state index in [2.05, 4.69) is 47.8 Å². The Morgan fingerprint density at radius 2 is 1.73 bits per heavy atom. The molecule has 15 heavy (non-hydrogen) atoms. The molecule has 1 aliphatic carbocycles. The first kappa shape index (κ1) is 10.5. The molecule has 1 fully saturated rings. The minimum Gasteiger partial charge on any atom is -0.311 e. The number of hydrogen-bond acceptors (Lipinski definition) is 2. The van der Waals surface area contributed by atoms with E-state index >= 15 is 0 Å². The number of rotatable bonds is 3. The molecule has 1 aliphatic rings. The molecule has 82 valence electrons. The molecule has 1 N–H and O–H groups in total. The predicted octanol–water partition coefficient (Wildman–Crippen LogP) is 2.96. The smallest absolute Gasteiger partial charge is 0.0516 e. The lowest BCUT2D eigenvalue weighted by Crippen LogP contribution is -2.43. The van der Waals surface area contributed by atoms with Crippen molar-refractivity contribution in [3.63, 3.8) is 0 Å². The maximum absolute atomic E-state index is 3.57. The van der Waals surface area contributed by atoms with Crippen LogP contribution in [0.25, 0.3) is 0 Å². The molecule has 0 unspecified atom stereocenters. The third-order valence-corrected chi connectivity index (χ3v) is 3.12. The van der Waals surface area contributed by atoms with Gasteiger partial charge in [0, 0.05) is 13.1 Å². The lowest BCUT2D eigenvalue weighted by atomic mass is 9.96. The summed E-state index contributed by atoms with van der Waals surface area (Å²) in [5, 5.41) is 2.15. The molecule has 0 heterocycles. The van der Waals surface area contributed by atoms with Crippen molar-refractivity contribution in [3.8, 4) is 0 Å². The fourth-order valence-electron chi connectivity index (χ4n) is 2.23. The third kappa shape index (κ3) is 2.96. The monoisotopic (exact) mass is 204 g/mol. The highest BCUT2D eigenvalue weighted by molar-refractivity contribution is 5.43. The summed E-state index contributed by atoms with van der Waals surface area (Å²) < 4.78 is 0. The van der Waals surface area contributed by atoms with Crippen LogP contribution in [-0.4, -0.2) is 13.1 Å². The first-order valence-corrected chi connectivity index (χ1v) is 5.91. The third-order valence-electron chi connectivity index (χ3n) is 3.12. The molecule has 0 saturated heterocycles. The van der Waals surface area contributed by atoms with E-state index in [0.717, 1.165) is 0 Å². The summed E-state index contributed by atoms with van der Waals surface area (Å²) in [7, 11) is 2.10. The molecule has 1 aromatic rings. The first-order valence-electron chi connectivity index (χ1n) is 5.91. The van der Waals surface area contributed by atoms with Gasteiger partial charge in [0.1, 0.15) is 0 Å². The lowest BCUT2D eigenvalue weighted by molar-refractivity contribution is 0.371. The van der Waals surface area contributed by atoms with Gasteiger partial charge in [-0.2, -0.15) is 0 Å². The fourth-order valence-corrected chi connectivity index (χ4v) is 2.23. The Hall–Kier alpha value is -1.02. The Morgan fingerprint density at radius 1 is 1.07 bits per heavy atom. The minimum atomic E-state index is 0.670. The fraction of sp³-hybridized carbons (Fsp3) is 0.538. The largest absolute Gasteiger partial charge is 0.311 e. The van der Waals surface area contributed by atoms with Crippen LogP contribution in [0.5, 0.6) is 0 Å². The van der Waals surface area contributed by atoms with Crippen molar-refractivity contribution < 1.29 is 0 Å². The molecule has 2 nitrogen and oxygen atoms in total. The van der Waals surface area contributed by atoms with E-state index in [1.54, 1.807) is 0 Å². The molecule has 0 aliphatic heterocycles. The summed E-state index contributed by atoms with van der Waals surface area (Å²) in [6.45, 7) is 0. The summed E-state index contributed by atoms with van der Waals surface area (Å²) in [6.07, 6.45) is 6.79. The number of nitrogens with zero attached hydrogens (tertiary/aromatic N) is 1. The molecule has 0 bridgehead atoms. The zero-order valence-electron chi connectivity index (χ0n) is 9.45. The summed E-state index contributed by atoms with van der Waals surface area (Å²) >= 11 is 0. The van der Waals surface area contributed by atoms with Crippen LogP contribution >= 0.6 is 0 Å². The SMILES string of the molecule is CN(NC1CCCCC1)c1ccccc1. The van der Waals surface area contributed by atoms with E-state index in [9.17, 15) is 0 Å². The number of hydrazine groups is 1. The highest BCUT2D eigenvalue weighted by atomic mass is 15.5. The Bertz CT molecular complexity index is 278. The average molecular weight is 204 g/mol. The number of benzene rings is 1. The summed E-state index contributed by atoms with van der Waals surface area (Å²) in [4.78, 5) is 0. The molecular weight excluding hydrogens is 184 g/mol. The van der Waals surface area contributed by atoms with Crippen molar-refractivity contribution in [2.45, 2.75) is 38.1 Å². The van der Waals surface area contributed by atoms with Crippen molar-refractivity contribution >= 4 is 5.69 Å². The number of hydrogen-bond donors (Lipinski definition) is 1. The molecule has 2 rings (SSSR count). The summed E-state index contributed by atoms with van der Waals surface area (Å²) in [5.41, 5.74) is 4.81. The molecule has 1 saturated carbocycles. The van der Waals surface area contributed by atoms with Crippen LogP contribution in [0.1, 0.15) is 32.1 Å². The van der Waals surface area contributed by atoms with Crippen LogP contribution in [0.3, 0.4) is 0 Å². The van der Waals surface area contributed by atoms with Gasteiger partial charge in [-0.05, 0) is 25.0 Å². The average Bonchev–Trinajstić information content (AvgIpc) is 2.31. The van der Waals surface area contributed by atoms with E-state index in [0.29, 0.717) is 6.04 Å². The Labute approximate surface area is 92.3 Å². The number of anilines is 1. The van der Waals surface area contributed by atoms with Crippen LogP contribution in [0.4, 0.5) is 5.69 Å². The van der Waals surface area contributed by atoms with Crippen molar-refractivity contribution in [1.29, 1.82) is 0 Å². The molecular formula is C13H20N2. The zero-order chi connectivity index (χ0) is 10.5. The lowest BCUT2D eigenvalue weighted by Gasteiger charge is -2.29. The first-order chi connectivity index (χ1) is 7.36. The van der Waals surface area contributed by atoms with Crippen LogP contribution in [-0.2, 0) is 0 Å². The molecule has 0 aromatic heterocycles. The Morgan fingerprint density at radius 3 is 2.40 bits per heavy atom. The standard InChI is InChI=1S/C13H20N2/c1-15(13-10-6-3-7-11-13)14-12-8-4-2-5-9-12/h3,6-7,10-12,14H,2,4-5,8-9H2,1H3. The minimum absolute atomic E-state index is 0.670. The zero-order valence-corrected chi connectivity index (χ0v) is 9.45. The van der Waals surface area contributed by atoms with Crippen molar-refractivity contribution in [2.75, 3.05) is 12.1 Å². The van der Waals surface area contributed by atoms with Gasteiger partial charge in [-0.25, -0.2) is 5.43 Å². The van der Waals surface area contributed by atoms with Crippen molar-refractivity contribution in [1.82, 2.24) is 5.43 Å². The van der Waals surface area contributed by atoms with E-state index in [-0.39, 0.29) is 0 Å². The summed E-state index contributed by atoms with van der Waals surface area (Å²) in [5.74, 6) is 0. The van der Waals surface area contributed by atoms with Crippen LogP contribution in [0.15, 0.2) is 30.3 Å². The Balaban J connectivity index is 1.88. The quantitative estimate of drug-likeness (QED) is 0.761. The van der Waals surface area contributed by atoms with Gasteiger partial charge >= 0.3 is 0 Å². The molecule has 2 heteroatoms. The molecule has 1 aromatic carbocycles. The topological polar surface area (TPSA) is 15.3 Å². The number of nitrogens with one attached hydrogen (secondary N) is 1. The highest BCUT2D eigenvalue weighted by Crippen LogP contribution is 2.19. The van der Waals surface area contributed by atoms with E-state index in [1.165, 1.54) is 37.8 Å². The number of para-hydroxylation sites is 1. The van der Waals surface area contributed by atoms with Gasteiger partial charge in [-0.15, -0.1) is 0 Å². The van der Waals surface area contributed by atoms with E-state index in [4.69, 9.17) is 0 Å². The van der Waals surface area contributed by atoms with E-state index in [1.807, 2.05) is 0 Å². The van der Waals surface area contributed by atoms with Gasteiger partial charge in [0.15, 0.2) is 0 Å². The Kier molecular flexibility index (Phi) is 3.62. The maximum Gasteiger partial charge on any atom is 0.0516 e. The van der Waals surface area contributed by atoms with Gasteiger partial charge in [0.05, 0.1) is 5.69 Å². The van der Waals surface area contributed by atoms with Crippen LogP contribution in [0, 0.1) is 0 Å². The van der Waals surface area contributed by atoms with Gasteiger partial charge in [-0.1, -0.05) is 37.5 Å². The van der Waals surface area contributed by atoms with E-state index < -0.39 is 0 Å².